The summed E-state index contributed by atoms with van der Waals surface area (Å²) in [5.74, 6) is 1.68. The van der Waals surface area contributed by atoms with Crippen LogP contribution in [0.4, 0.5) is 23.1 Å². The Bertz CT molecular complexity index is 757. The van der Waals surface area contributed by atoms with Gasteiger partial charge < -0.3 is 19.9 Å². The summed E-state index contributed by atoms with van der Waals surface area (Å²) in [6, 6.07) is 9.07. The average molecular weight is 365 g/mol. The molecule has 27 heavy (non-hydrogen) atoms. The third-order valence-corrected chi connectivity index (χ3v) is 5.65. The van der Waals surface area contributed by atoms with E-state index in [1.54, 1.807) is 0 Å². The molecule has 1 saturated carbocycles. The van der Waals surface area contributed by atoms with Crippen LogP contribution in [0.25, 0.3) is 0 Å². The van der Waals surface area contributed by atoms with Crippen molar-refractivity contribution in [1.29, 1.82) is 0 Å². The Morgan fingerprint density at radius 2 is 1.85 bits per heavy atom. The topological polar surface area (TPSA) is 53.5 Å². The summed E-state index contributed by atoms with van der Waals surface area (Å²) in [6.07, 6.45) is 7.06. The van der Waals surface area contributed by atoms with Crippen molar-refractivity contribution in [1.82, 2.24) is 9.97 Å². The predicted octanol–water partition coefficient (Wildman–Crippen LogP) is 1.69. The van der Waals surface area contributed by atoms with E-state index in [0.717, 1.165) is 43.3 Å². The minimum Gasteiger partial charge on any atom is -0.378 e. The van der Waals surface area contributed by atoms with Gasteiger partial charge in [0.15, 0.2) is 0 Å². The lowest BCUT2D eigenvalue weighted by atomic mass is 9.98. The van der Waals surface area contributed by atoms with E-state index in [4.69, 9.17) is 9.72 Å². The lowest BCUT2D eigenvalue weighted by Crippen LogP contribution is -2.36. The summed E-state index contributed by atoms with van der Waals surface area (Å²) in [5, 5.41) is 3.36. The largest absolute Gasteiger partial charge is 0.378 e. The van der Waals surface area contributed by atoms with E-state index in [1.807, 2.05) is 6.20 Å². The predicted molar refractivity (Wildman–Crippen MR) is 114 cm³/mol. The molecule has 2 aromatic rings. The molecule has 6 nitrogen and oxygen atoms in total. The fourth-order valence-corrected chi connectivity index (χ4v) is 4.02. The number of rotatable bonds is 5. The molecule has 142 valence electrons. The molecule has 1 aliphatic carbocycles. The molecule has 1 saturated heterocycles. The molecule has 1 aromatic heterocycles. The number of ether oxygens (including phenoxy) is 1. The molecule has 0 radical (unpaired) electrons. The van der Waals surface area contributed by atoms with Crippen molar-refractivity contribution in [2.24, 2.45) is 0 Å². The molecule has 0 unspecified atom stereocenters. The highest BCUT2D eigenvalue weighted by Crippen LogP contribution is 2.26. The lowest BCUT2D eigenvalue weighted by molar-refractivity contribution is 0.122. The number of nitrogens with zero attached hydrogens (tertiary/aromatic N) is 4. The Kier molecular flexibility index (Phi) is 5.48. The summed E-state index contributed by atoms with van der Waals surface area (Å²) in [5.41, 5.74) is 3.36. The van der Waals surface area contributed by atoms with Crippen LogP contribution in [0, 0.1) is 0 Å². The standard InChI is InChI=1S/C20H28BN5O/c1-25(16-4-2-3-5-16)19-18(21)14-22-20(24-19)23-15-6-8-17(9-7-15)26-10-12-27-13-11-26/h6-9,14,16H,2-5,10-13,21H2,1H3,(H,22,23,24). The molecule has 4 rings (SSSR count). The molecular weight excluding hydrogens is 337 g/mol. The van der Waals surface area contributed by atoms with Crippen molar-refractivity contribution >= 4 is 36.5 Å². The lowest BCUT2D eigenvalue weighted by Gasteiger charge is -2.29. The summed E-state index contributed by atoms with van der Waals surface area (Å²) < 4.78 is 5.43. The van der Waals surface area contributed by atoms with Gasteiger partial charge in [0.05, 0.1) is 13.2 Å². The molecular formula is C20H28BN5O. The maximum atomic E-state index is 5.43. The quantitative estimate of drug-likeness (QED) is 0.814. The van der Waals surface area contributed by atoms with Crippen LogP contribution in [0.3, 0.4) is 0 Å². The van der Waals surface area contributed by atoms with E-state index in [-0.39, 0.29) is 0 Å². The second-order valence-electron chi connectivity index (χ2n) is 7.52. The number of hydrogen-bond acceptors (Lipinski definition) is 6. The van der Waals surface area contributed by atoms with Crippen molar-refractivity contribution in [2.75, 3.05) is 48.5 Å². The summed E-state index contributed by atoms with van der Waals surface area (Å²) >= 11 is 0. The van der Waals surface area contributed by atoms with Crippen LogP contribution in [0.15, 0.2) is 30.5 Å². The molecule has 0 amide bonds. The van der Waals surface area contributed by atoms with E-state index < -0.39 is 0 Å². The van der Waals surface area contributed by atoms with Gasteiger partial charge in [0.2, 0.25) is 5.95 Å². The Morgan fingerprint density at radius 1 is 1.15 bits per heavy atom. The molecule has 0 bridgehead atoms. The number of benzene rings is 1. The highest BCUT2D eigenvalue weighted by molar-refractivity contribution is 6.35. The van der Waals surface area contributed by atoms with Gasteiger partial charge in [-0.05, 0) is 42.6 Å². The first-order valence-electron chi connectivity index (χ1n) is 9.97. The normalized spacial score (nSPS) is 17.9. The first-order valence-corrected chi connectivity index (χ1v) is 9.97. The Balaban J connectivity index is 1.46. The Morgan fingerprint density at radius 3 is 2.56 bits per heavy atom. The Labute approximate surface area is 162 Å². The van der Waals surface area contributed by atoms with Gasteiger partial charge in [-0.25, -0.2) is 4.98 Å². The fourth-order valence-electron chi connectivity index (χ4n) is 4.02. The van der Waals surface area contributed by atoms with Crippen LogP contribution >= 0.6 is 0 Å². The van der Waals surface area contributed by atoms with E-state index in [0.29, 0.717) is 12.0 Å². The Hall–Kier alpha value is -2.28. The summed E-state index contributed by atoms with van der Waals surface area (Å²) in [7, 11) is 4.24. The first-order chi connectivity index (χ1) is 13.2. The van der Waals surface area contributed by atoms with E-state index in [1.165, 1.54) is 31.4 Å². The number of nitrogens with one attached hydrogen (secondary N) is 1. The minimum absolute atomic E-state index is 0.597. The van der Waals surface area contributed by atoms with Gasteiger partial charge in [0.1, 0.15) is 13.7 Å². The summed E-state index contributed by atoms with van der Waals surface area (Å²) in [6.45, 7) is 3.50. The zero-order valence-electron chi connectivity index (χ0n) is 16.3. The molecule has 7 heteroatoms. The first kappa shape index (κ1) is 18.1. The zero-order valence-corrected chi connectivity index (χ0v) is 16.3. The van der Waals surface area contributed by atoms with E-state index >= 15 is 0 Å². The number of morpholine rings is 1. The highest BCUT2D eigenvalue weighted by atomic mass is 16.5. The van der Waals surface area contributed by atoms with Crippen molar-refractivity contribution in [3.8, 4) is 0 Å². The number of hydrogen-bond donors (Lipinski definition) is 1. The zero-order chi connectivity index (χ0) is 18.6. The minimum atomic E-state index is 0.597. The van der Waals surface area contributed by atoms with Crippen molar-refractivity contribution < 1.29 is 4.74 Å². The molecule has 1 N–H and O–H groups in total. The molecule has 2 heterocycles. The molecule has 1 aromatic carbocycles. The third-order valence-electron chi connectivity index (χ3n) is 5.65. The smallest absolute Gasteiger partial charge is 0.229 e. The third kappa shape index (κ3) is 4.19. The van der Waals surface area contributed by atoms with Crippen LogP contribution in [-0.4, -0.2) is 57.2 Å². The van der Waals surface area contributed by atoms with Gasteiger partial charge in [-0.1, -0.05) is 12.8 Å². The highest BCUT2D eigenvalue weighted by Gasteiger charge is 2.22. The van der Waals surface area contributed by atoms with Crippen LogP contribution in [-0.2, 0) is 4.74 Å². The van der Waals surface area contributed by atoms with Crippen molar-refractivity contribution in [3.63, 3.8) is 0 Å². The van der Waals surface area contributed by atoms with Gasteiger partial charge in [0, 0.05) is 43.8 Å². The molecule has 2 aliphatic rings. The van der Waals surface area contributed by atoms with Crippen LogP contribution in [0.5, 0.6) is 0 Å². The fraction of sp³-hybridized carbons (Fsp3) is 0.500. The van der Waals surface area contributed by atoms with Gasteiger partial charge in [-0.15, -0.1) is 0 Å². The monoisotopic (exact) mass is 365 g/mol. The van der Waals surface area contributed by atoms with Crippen LogP contribution in [0.2, 0.25) is 0 Å². The molecule has 1 aliphatic heterocycles. The second kappa shape index (κ2) is 8.17. The van der Waals surface area contributed by atoms with E-state index in [2.05, 4.69) is 59.3 Å². The van der Waals surface area contributed by atoms with E-state index in [9.17, 15) is 0 Å². The van der Waals surface area contributed by atoms with Crippen molar-refractivity contribution in [3.05, 3.63) is 30.5 Å². The number of aromatic nitrogens is 2. The SMILES string of the molecule is Bc1cnc(Nc2ccc(N3CCOCC3)cc2)nc1N(C)C1CCCC1. The van der Waals surface area contributed by atoms with Crippen molar-refractivity contribution in [2.45, 2.75) is 31.7 Å². The molecule has 0 spiro atoms. The average Bonchev–Trinajstić information content (AvgIpc) is 3.25. The molecule has 2 fully saturated rings. The van der Waals surface area contributed by atoms with Gasteiger partial charge in [-0.2, -0.15) is 4.98 Å². The maximum absolute atomic E-state index is 5.43. The van der Waals surface area contributed by atoms with Gasteiger partial charge >= 0.3 is 0 Å². The number of anilines is 4. The summed E-state index contributed by atoms with van der Waals surface area (Å²) in [4.78, 5) is 14.0. The maximum Gasteiger partial charge on any atom is 0.229 e. The van der Waals surface area contributed by atoms with Gasteiger partial charge in [0.25, 0.3) is 0 Å². The molecule has 0 atom stereocenters. The van der Waals surface area contributed by atoms with Crippen LogP contribution in [0.1, 0.15) is 25.7 Å². The van der Waals surface area contributed by atoms with Crippen LogP contribution < -0.4 is 20.6 Å². The van der Waals surface area contributed by atoms with Gasteiger partial charge in [-0.3, -0.25) is 0 Å². The second-order valence-corrected chi connectivity index (χ2v) is 7.52.